The van der Waals surface area contributed by atoms with Crippen molar-refractivity contribution in [2.75, 3.05) is 5.32 Å². The second-order valence-electron chi connectivity index (χ2n) is 7.08. The molecule has 0 bridgehead atoms. The molecule has 0 saturated heterocycles. The maximum absolute atomic E-state index is 12.4. The van der Waals surface area contributed by atoms with E-state index in [0.717, 1.165) is 16.9 Å². The van der Waals surface area contributed by atoms with Gasteiger partial charge in [-0.1, -0.05) is 72.8 Å². The first-order valence-electron chi connectivity index (χ1n) is 10.3. The van der Waals surface area contributed by atoms with E-state index in [9.17, 15) is 4.79 Å². The lowest BCUT2D eigenvalue weighted by molar-refractivity contribution is -0.111. The van der Waals surface area contributed by atoms with Crippen LogP contribution >= 0.6 is 0 Å². The minimum Gasteiger partial charge on any atom is -0.489 e. The fraction of sp³-hybridized carbons (Fsp3) is 0.0357. The van der Waals surface area contributed by atoms with Gasteiger partial charge in [0.2, 0.25) is 5.91 Å². The normalized spacial score (nSPS) is 10.6. The number of nitrogens with one attached hydrogen (secondary N) is 1. The monoisotopic (exact) mass is 421 g/mol. The maximum atomic E-state index is 12.4. The fourth-order valence-corrected chi connectivity index (χ4v) is 3.04. The first-order chi connectivity index (χ1) is 15.8. The Morgan fingerprint density at radius 3 is 2.12 bits per heavy atom. The SMILES string of the molecule is O=C(/C=C/c1ccc(OCc2ccccc2)cc1)Nc1ccccc1Oc1ccccc1. The Morgan fingerprint density at radius 2 is 1.38 bits per heavy atom. The van der Waals surface area contributed by atoms with Crippen LogP contribution in [0.2, 0.25) is 0 Å². The van der Waals surface area contributed by atoms with Gasteiger partial charge < -0.3 is 14.8 Å². The summed E-state index contributed by atoms with van der Waals surface area (Å²) in [5.41, 5.74) is 2.63. The molecule has 0 spiro atoms. The van der Waals surface area contributed by atoms with Gasteiger partial charge >= 0.3 is 0 Å². The Kier molecular flexibility index (Phi) is 6.96. The number of hydrogen-bond donors (Lipinski definition) is 1. The van der Waals surface area contributed by atoms with Crippen LogP contribution in [-0.2, 0) is 11.4 Å². The summed E-state index contributed by atoms with van der Waals surface area (Å²) in [6.07, 6.45) is 3.26. The van der Waals surface area contributed by atoms with E-state index in [0.29, 0.717) is 23.8 Å². The average molecular weight is 421 g/mol. The molecule has 0 aliphatic carbocycles. The van der Waals surface area contributed by atoms with E-state index >= 15 is 0 Å². The Morgan fingerprint density at radius 1 is 0.719 bits per heavy atom. The Bertz CT molecular complexity index is 1170. The third-order valence-corrected chi connectivity index (χ3v) is 4.67. The van der Waals surface area contributed by atoms with Crippen LogP contribution < -0.4 is 14.8 Å². The zero-order valence-corrected chi connectivity index (χ0v) is 17.5. The summed E-state index contributed by atoms with van der Waals surface area (Å²) in [4.78, 5) is 12.4. The molecule has 0 aliphatic heterocycles. The van der Waals surface area contributed by atoms with Gasteiger partial charge in [0.05, 0.1) is 5.69 Å². The summed E-state index contributed by atoms with van der Waals surface area (Å²) in [6.45, 7) is 0.517. The van der Waals surface area contributed by atoms with Crippen LogP contribution in [-0.4, -0.2) is 5.91 Å². The van der Waals surface area contributed by atoms with Crippen molar-refractivity contribution in [3.63, 3.8) is 0 Å². The summed E-state index contributed by atoms with van der Waals surface area (Å²) < 4.78 is 11.7. The van der Waals surface area contributed by atoms with Crippen LogP contribution in [0.4, 0.5) is 5.69 Å². The highest BCUT2D eigenvalue weighted by atomic mass is 16.5. The lowest BCUT2D eigenvalue weighted by atomic mass is 10.2. The van der Waals surface area contributed by atoms with E-state index in [2.05, 4.69) is 5.32 Å². The van der Waals surface area contributed by atoms with Gasteiger partial charge in [-0.2, -0.15) is 0 Å². The van der Waals surface area contributed by atoms with E-state index in [1.54, 1.807) is 6.08 Å². The molecule has 4 aromatic rings. The zero-order chi connectivity index (χ0) is 22.0. The number of benzene rings is 4. The molecule has 0 fully saturated rings. The lowest BCUT2D eigenvalue weighted by Crippen LogP contribution is -2.08. The molecule has 0 aromatic heterocycles. The van der Waals surface area contributed by atoms with Crippen molar-refractivity contribution in [3.8, 4) is 17.2 Å². The van der Waals surface area contributed by atoms with Gasteiger partial charge in [-0.25, -0.2) is 0 Å². The quantitative estimate of drug-likeness (QED) is 0.322. The van der Waals surface area contributed by atoms with E-state index in [4.69, 9.17) is 9.47 Å². The highest BCUT2D eigenvalue weighted by molar-refractivity contribution is 6.02. The number of carbonyl (C=O) groups excluding carboxylic acids is 1. The van der Waals surface area contributed by atoms with Gasteiger partial charge in [-0.15, -0.1) is 0 Å². The van der Waals surface area contributed by atoms with Crippen molar-refractivity contribution in [2.45, 2.75) is 6.61 Å². The Labute approximate surface area is 187 Å². The highest BCUT2D eigenvalue weighted by Gasteiger charge is 2.06. The molecule has 4 heteroatoms. The molecule has 4 rings (SSSR count). The van der Waals surface area contributed by atoms with Crippen molar-refractivity contribution >= 4 is 17.7 Å². The van der Waals surface area contributed by atoms with Crippen LogP contribution in [0, 0.1) is 0 Å². The molecule has 0 radical (unpaired) electrons. The van der Waals surface area contributed by atoms with E-state index in [1.165, 1.54) is 6.08 Å². The average Bonchev–Trinajstić information content (AvgIpc) is 2.85. The molecule has 0 aliphatic rings. The van der Waals surface area contributed by atoms with Crippen molar-refractivity contribution in [1.29, 1.82) is 0 Å². The zero-order valence-electron chi connectivity index (χ0n) is 17.5. The smallest absolute Gasteiger partial charge is 0.248 e. The number of para-hydroxylation sites is 3. The number of amides is 1. The summed E-state index contributed by atoms with van der Waals surface area (Å²) >= 11 is 0. The van der Waals surface area contributed by atoms with Crippen molar-refractivity contribution in [2.24, 2.45) is 0 Å². The van der Waals surface area contributed by atoms with Crippen molar-refractivity contribution < 1.29 is 14.3 Å². The molecule has 0 saturated carbocycles. The third kappa shape index (κ3) is 6.09. The molecule has 0 atom stereocenters. The van der Waals surface area contributed by atoms with Crippen LogP contribution in [0.5, 0.6) is 17.2 Å². The van der Waals surface area contributed by atoms with E-state index < -0.39 is 0 Å². The second kappa shape index (κ2) is 10.6. The van der Waals surface area contributed by atoms with Gasteiger partial charge in [-0.05, 0) is 53.6 Å². The number of rotatable bonds is 8. The van der Waals surface area contributed by atoms with E-state index in [1.807, 2.05) is 109 Å². The standard InChI is InChI=1S/C28H23NO3/c30-28(29-26-13-7-8-14-27(26)32-25-11-5-2-6-12-25)20-17-22-15-18-24(19-16-22)31-21-23-9-3-1-4-10-23/h1-20H,21H2,(H,29,30)/b20-17+. The highest BCUT2D eigenvalue weighted by Crippen LogP contribution is 2.29. The Balaban J connectivity index is 1.34. The van der Waals surface area contributed by atoms with E-state index in [-0.39, 0.29) is 5.91 Å². The molecule has 0 heterocycles. The lowest BCUT2D eigenvalue weighted by Gasteiger charge is -2.11. The molecular weight excluding hydrogens is 398 g/mol. The molecular formula is C28H23NO3. The predicted octanol–water partition coefficient (Wildman–Crippen LogP) is 6.71. The first kappa shape index (κ1) is 20.9. The van der Waals surface area contributed by atoms with Gasteiger partial charge in [-0.3, -0.25) is 4.79 Å². The summed E-state index contributed by atoms with van der Waals surface area (Å²) in [6, 6.07) is 34.4. The largest absolute Gasteiger partial charge is 0.489 e. The van der Waals surface area contributed by atoms with Crippen LogP contribution in [0.3, 0.4) is 0 Å². The molecule has 4 aromatic carbocycles. The summed E-state index contributed by atoms with van der Waals surface area (Å²) in [5, 5.41) is 2.88. The van der Waals surface area contributed by atoms with Crippen molar-refractivity contribution in [1.82, 2.24) is 0 Å². The van der Waals surface area contributed by atoms with Gasteiger partial charge in [0.25, 0.3) is 0 Å². The van der Waals surface area contributed by atoms with Crippen LogP contribution in [0.1, 0.15) is 11.1 Å². The minimum atomic E-state index is -0.237. The topological polar surface area (TPSA) is 47.6 Å². The fourth-order valence-electron chi connectivity index (χ4n) is 3.04. The number of carbonyl (C=O) groups is 1. The molecule has 158 valence electrons. The first-order valence-corrected chi connectivity index (χ1v) is 10.3. The number of ether oxygens (including phenoxy) is 2. The molecule has 1 N–H and O–H groups in total. The van der Waals surface area contributed by atoms with Gasteiger partial charge in [0.15, 0.2) is 5.75 Å². The van der Waals surface area contributed by atoms with Crippen LogP contribution in [0.15, 0.2) is 115 Å². The molecule has 4 nitrogen and oxygen atoms in total. The second-order valence-corrected chi connectivity index (χ2v) is 7.08. The Hall–Kier alpha value is -4.31. The molecule has 32 heavy (non-hydrogen) atoms. The minimum absolute atomic E-state index is 0.237. The van der Waals surface area contributed by atoms with Gasteiger partial charge in [0.1, 0.15) is 18.1 Å². The number of hydrogen-bond acceptors (Lipinski definition) is 3. The van der Waals surface area contributed by atoms with Crippen LogP contribution in [0.25, 0.3) is 6.08 Å². The van der Waals surface area contributed by atoms with Crippen molar-refractivity contribution in [3.05, 3.63) is 126 Å². The predicted molar refractivity (Wildman–Crippen MR) is 128 cm³/mol. The summed E-state index contributed by atoms with van der Waals surface area (Å²) in [7, 11) is 0. The summed E-state index contributed by atoms with van der Waals surface area (Å²) in [5.74, 6) is 1.83. The molecule has 1 amide bonds. The third-order valence-electron chi connectivity index (χ3n) is 4.67. The number of anilines is 1. The molecule has 0 unspecified atom stereocenters. The maximum Gasteiger partial charge on any atom is 0.248 e. The van der Waals surface area contributed by atoms with Gasteiger partial charge in [0, 0.05) is 6.08 Å².